The summed E-state index contributed by atoms with van der Waals surface area (Å²) < 4.78 is 0. The van der Waals surface area contributed by atoms with E-state index >= 15 is 0 Å². The summed E-state index contributed by atoms with van der Waals surface area (Å²) in [5.74, 6) is 0. The van der Waals surface area contributed by atoms with Gasteiger partial charge in [-0.2, -0.15) is 5.26 Å². The van der Waals surface area contributed by atoms with Crippen LogP contribution in [-0.4, -0.2) is 5.54 Å². The van der Waals surface area contributed by atoms with E-state index in [2.05, 4.69) is 0 Å². The van der Waals surface area contributed by atoms with Crippen LogP contribution in [0.15, 0.2) is 12.2 Å². The molecule has 0 aromatic heterocycles. The third kappa shape index (κ3) is 2.65. The van der Waals surface area contributed by atoms with Crippen LogP contribution >= 0.6 is 0 Å². The maximum atomic E-state index is 8.23. The molecule has 0 radical (unpaired) electrons. The van der Waals surface area contributed by atoms with Crippen molar-refractivity contribution in [3.8, 4) is 6.07 Å². The molecule has 0 heterocycles. The van der Waals surface area contributed by atoms with Crippen LogP contribution in [0.3, 0.4) is 0 Å². The smallest absolute Gasteiger partial charge is 0.0909 e. The molecule has 0 bridgehead atoms. The average Bonchev–Trinajstić information content (AvgIpc) is 2.00. The maximum absolute atomic E-state index is 8.23. The first-order chi connectivity index (χ1) is 4.68. The lowest BCUT2D eigenvalue weighted by Gasteiger charge is -2.20. The minimum absolute atomic E-state index is 0.268. The lowest BCUT2D eigenvalue weighted by atomic mass is 9.94. The summed E-state index contributed by atoms with van der Waals surface area (Å²) in [4.78, 5) is 0. The fourth-order valence-electron chi connectivity index (χ4n) is 0.689. The number of rotatable bonds is 3. The predicted octanol–water partition coefficient (Wildman–Crippen LogP) is 1.58. The van der Waals surface area contributed by atoms with Gasteiger partial charge < -0.3 is 5.73 Å². The number of allylic oxidation sites excluding steroid dienone is 1. The Bertz CT molecular complexity index is 149. The van der Waals surface area contributed by atoms with Crippen LogP contribution in [0.2, 0.25) is 0 Å². The Labute approximate surface area is 62.3 Å². The molecule has 0 aliphatic rings. The zero-order valence-corrected chi connectivity index (χ0v) is 6.59. The van der Waals surface area contributed by atoms with E-state index in [-0.39, 0.29) is 5.54 Å². The van der Waals surface area contributed by atoms with E-state index in [0.29, 0.717) is 0 Å². The second kappa shape index (κ2) is 4.08. The number of hydrogen-bond donors (Lipinski definition) is 1. The van der Waals surface area contributed by atoms with Gasteiger partial charge in [-0.25, -0.2) is 0 Å². The largest absolute Gasteiger partial charge is 0.322 e. The SMILES string of the molecule is CCC(N)(C=CC#N)CC. The van der Waals surface area contributed by atoms with Crippen molar-refractivity contribution in [2.45, 2.75) is 32.2 Å². The van der Waals surface area contributed by atoms with Crippen LogP contribution < -0.4 is 5.73 Å². The first-order valence-corrected chi connectivity index (χ1v) is 3.54. The number of hydrogen-bond acceptors (Lipinski definition) is 2. The van der Waals surface area contributed by atoms with Gasteiger partial charge in [0.05, 0.1) is 6.07 Å². The van der Waals surface area contributed by atoms with Gasteiger partial charge in [-0.15, -0.1) is 0 Å². The van der Waals surface area contributed by atoms with Crippen molar-refractivity contribution >= 4 is 0 Å². The molecule has 0 saturated heterocycles. The summed E-state index contributed by atoms with van der Waals surface area (Å²) >= 11 is 0. The van der Waals surface area contributed by atoms with Gasteiger partial charge in [0.15, 0.2) is 0 Å². The molecule has 0 rings (SSSR count). The van der Waals surface area contributed by atoms with E-state index in [1.165, 1.54) is 6.08 Å². The quantitative estimate of drug-likeness (QED) is 0.602. The molecule has 0 aliphatic carbocycles. The van der Waals surface area contributed by atoms with Crippen LogP contribution in [0.25, 0.3) is 0 Å². The molecule has 0 amide bonds. The van der Waals surface area contributed by atoms with Crippen molar-refractivity contribution in [2.75, 3.05) is 0 Å². The number of nitriles is 1. The molecule has 2 heteroatoms. The van der Waals surface area contributed by atoms with Crippen molar-refractivity contribution in [1.82, 2.24) is 0 Å². The van der Waals surface area contributed by atoms with Crippen molar-refractivity contribution < 1.29 is 0 Å². The zero-order valence-electron chi connectivity index (χ0n) is 6.59. The summed E-state index contributed by atoms with van der Waals surface area (Å²) in [5.41, 5.74) is 5.58. The van der Waals surface area contributed by atoms with E-state index in [1.807, 2.05) is 19.9 Å². The molecule has 0 aromatic rings. The zero-order chi connectivity index (χ0) is 8.04. The number of nitrogens with zero attached hydrogens (tertiary/aromatic N) is 1. The summed E-state index contributed by atoms with van der Waals surface area (Å²) in [7, 11) is 0. The van der Waals surface area contributed by atoms with Gasteiger partial charge >= 0.3 is 0 Å². The second-order valence-corrected chi connectivity index (χ2v) is 2.40. The molecular weight excluding hydrogens is 124 g/mol. The minimum Gasteiger partial charge on any atom is -0.322 e. The normalized spacial score (nSPS) is 11.8. The second-order valence-electron chi connectivity index (χ2n) is 2.40. The lowest BCUT2D eigenvalue weighted by molar-refractivity contribution is 0.493. The third-order valence-electron chi connectivity index (χ3n) is 1.81. The predicted molar refractivity (Wildman–Crippen MR) is 42.3 cm³/mol. The molecule has 0 unspecified atom stereocenters. The van der Waals surface area contributed by atoms with Crippen LogP contribution in [0.4, 0.5) is 0 Å². The van der Waals surface area contributed by atoms with Crippen molar-refractivity contribution in [3.05, 3.63) is 12.2 Å². The Balaban J connectivity index is 4.08. The van der Waals surface area contributed by atoms with Gasteiger partial charge in [0.2, 0.25) is 0 Å². The highest BCUT2D eigenvalue weighted by Crippen LogP contribution is 2.11. The maximum Gasteiger partial charge on any atom is 0.0909 e. The fraction of sp³-hybridized carbons (Fsp3) is 0.625. The third-order valence-corrected chi connectivity index (χ3v) is 1.81. The Kier molecular flexibility index (Phi) is 3.75. The lowest BCUT2D eigenvalue weighted by Crippen LogP contribution is -2.35. The summed E-state index contributed by atoms with van der Waals surface area (Å²) in [5, 5.41) is 8.23. The first-order valence-electron chi connectivity index (χ1n) is 3.54. The Morgan fingerprint density at radius 3 is 2.30 bits per heavy atom. The topological polar surface area (TPSA) is 49.8 Å². The summed E-state index contributed by atoms with van der Waals surface area (Å²) in [6.45, 7) is 4.04. The van der Waals surface area contributed by atoms with Crippen LogP contribution in [0.1, 0.15) is 26.7 Å². The highest BCUT2D eigenvalue weighted by molar-refractivity contribution is 5.11. The van der Waals surface area contributed by atoms with Crippen molar-refractivity contribution in [3.63, 3.8) is 0 Å². The van der Waals surface area contributed by atoms with E-state index in [0.717, 1.165) is 12.8 Å². The summed E-state index contributed by atoms with van der Waals surface area (Å²) in [6, 6.07) is 1.93. The van der Waals surface area contributed by atoms with Crippen LogP contribution in [0, 0.1) is 11.3 Å². The van der Waals surface area contributed by atoms with E-state index < -0.39 is 0 Å². The fourth-order valence-corrected chi connectivity index (χ4v) is 0.689. The average molecular weight is 138 g/mol. The molecule has 56 valence electrons. The molecule has 0 saturated carbocycles. The first kappa shape index (κ1) is 9.19. The number of nitrogens with two attached hydrogens (primary N) is 1. The van der Waals surface area contributed by atoms with E-state index in [9.17, 15) is 0 Å². The standard InChI is InChI=1S/C8H14N2/c1-3-8(10,4-2)6-5-7-9/h5-6H,3-4,10H2,1-2H3. The van der Waals surface area contributed by atoms with Gasteiger partial charge in [-0.3, -0.25) is 0 Å². The van der Waals surface area contributed by atoms with E-state index in [4.69, 9.17) is 11.0 Å². The van der Waals surface area contributed by atoms with Crippen molar-refractivity contribution in [1.29, 1.82) is 5.26 Å². The molecule has 0 fully saturated rings. The highest BCUT2D eigenvalue weighted by Gasteiger charge is 2.14. The molecule has 0 aliphatic heterocycles. The molecule has 10 heavy (non-hydrogen) atoms. The van der Waals surface area contributed by atoms with Crippen LogP contribution in [0.5, 0.6) is 0 Å². The Hall–Kier alpha value is -0.810. The van der Waals surface area contributed by atoms with E-state index in [1.54, 1.807) is 6.08 Å². The van der Waals surface area contributed by atoms with Gasteiger partial charge in [-0.05, 0) is 12.8 Å². The molecule has 2 N–H and O–H groups in total. The van der Waals surface area contributed by atoms with Gasteiger partial charge in [0, 0.05) is 11.6 Å². The molecule has 0 spiro atoms. The highest BCUT2D eigenvalue weighted by atomic mass is 14.7. The van der Waals surface area contributed by atoms with Crippen molar-refractivity contribution in [2.24, 2.45) is 5.73 Å². The summed E-state index contributed by atoms with van der Waals surface area (Å²) in [6.07, 6.45) is 4.98. The Morgan fingerprint density at radius 1 is 1.50 bits per heavy atom. The van der Waals surface area contributed by atoms with Gasteiger partial charge in [-0.1, -0.05) is 19.9 Å². The monoisotopic (exact) mass is 138 g/mol. The van der Waals surface area contributed by atoms with Crippen LogP contribution in [-0.2, 0) is 0 Å². The molecular formula is C8H14N2. The molecule has 0 aromatic carbocycles. The Morgan fingerprint density at radius 2 is 2.00 bits per heavy atom. The minimum atomic E-state index is -0.268. The van der Waals surface area contributed by atoms with Gasteiger partial charge in [0.1, 0.15) is 0 Å². The molecule has 2 nitrogen and oxygen atoms in total. The van der Waals surface area contributed by atoms with Gasteiger partial charge in [0.25, 0.3) is 0 Å². The molecule has 0 atom stereocenters.